The number of nitrogens with one attached hydrogen (secondary N) is 1. The van der Waals surface area contributed by atoms with Gasteiger partial charge in [-0.15, -0.1) is 0 Å². The Morgan fingerprint density at radius 1 is 1.19 bits per heavy atom. The van der Waals surface area contributed by atoms with Gasteiger partial charge in [0.1, 0.15) is 24.7 Å². The van der Waals surface area contributed by atoms with E-state index < -0.39 is 29.1 Å². The molecule has 1 saturated heterocycles. The molecule has 0 spiro atoms. The number of benzene rings is 1. The van der Waals surface area contributed by atoms with Crippen LogP contribution in [0.4, 0.5) is 4.39 Å². The van der Waals surface area contributed by atoms with Crippen molar-refractivity contribution >= 4 is 17.7 Å². The highest BCUT2D eigenvalue weighted by Gasteiger charge is 2.37. The number of amides is 3. The van der Waals surface area contributed by atoms with E-state index in [1.165, 1.54) is 38.1 Å². The maximum Gasteiger partial charge on any atom is 0.267 e. The van der Waals surface area contributed by atoms with Gasteiger partial charge in [-0.25, -0.2) is 4.39 Å². The normalized spacial score (nSPS) is 15.7. The van der Waals surface area contributed by atoms with E-state index in [1.54, 1.807) is 0 Å². The van der Waals surface area contributed by atoms with E-state index in [2.05, 4.69) is 5.32 Å². The van der Waals surface area contributed by atoms with E-state index in [4.69, 9.17) is 4.74 Å². The second kappa shape index (κ2) is 5.51. The smallest absolute Gasteiger partial charge is 0.267 e. The molecule has 0 saturated carbocycles. The zero-order valence-corrected chi connectivity index (χ0v) is 11.7. The number of piperazine rings is 1. The van der Waals surface area contributed by atoms with Gasteiger partial charge in [-0.3, -0.25) is 19.7 Å². The van der Waals surface area contributed by atoms with Gasteiger partial charge in [0.2, 0.25) is 11.8 Å². The molecule has 0 radical (unpaired) electrons. The van der Waals surface area contributed by atoms with Crippen molar-refractivity contribution in [1.82, 2.24) is 10.2 Å². The van der Waals surface area contributed by atoms with Gasteiger partial charge in [0.05, 0.1) is 0 Å². The molecule has 1 aromatic rings. The van der Waals surface area contributed by atoms with Crippen molar-refractivity contribution in [1.29, 1.82) is 0 Å². The van der Waals surface area contributed by atoms with Gasteiger partial charge in [0.25, 0.3) is 5.91 Å². The molecule has 0 bridgehead atoms. The molecule has 6 nitrogen and oxygen atoms in total. The van der Waals surface area contributed by atoms with Crippen molar-refractivity contribution in [3.8, 4) is 5.75 Å². The molecule has 21 heavy (non-hydrogen) atoms. The molecule has 112 valence electrons. The minimum absolute atomic E-state index is 0.194. The van der Waals surface area contributed by atoms with Crippen molar-refractivity contribution in [3.63, 3.8) is 0 Å². The van der Waals surface area contributed by atoms with Gasteiger partial charge in [0, 0.05) is 0 Å². The van der Waals surface area contributed by atoms with E-state index in [1.807, 2.05) is 0 Å². The van der Waals surface area contributed by atoms with Crippen LogP contribution in [0.3, 0.4) is 0 Å². The Labute approximate surface area is 120 Å². The van der Waals surface area contributed by atoms with Crippen LogP contribution in [0.25, 0.3) is 0 Å². The molecule has 3 amide bonds. The average molecular weight is 294 g/mol. The minimum atomic E-state index is -1.28. The predicted molar refractivity (Wildman–Crippen MR) is 70.8 cm³/mol. The van der Waals surface area contributed by atoms with Crippen LogP contribution in [-0.4, -0.2) is 41.3 Å². The maximum absolute atomic E-state index is 12.8. The largest absolute Gasteiger partial charge is 0.478 e. The summed E-state index contributed by atoms with van der Waals surface area (Å²) in [6, 6.07) is 5.23. The third-order valence-electron chi connectivity index (χ3n) is 2.94. The summed E-state index contributed by atoms with van der Waals surface area (Å²) in [7, 11) is 0. The first-order valence-corrected chi connectivity index (χ1v) is 6.34. The van der Waals surface area contributed by atoms with E-state index in [9.17, 15) is 18.8 Å². The highest BCUT2D eigenvalue weighted by Crippen LogP contribution is 2.21. The number of imide groups is 1. The molecule has 0 aromatic heterocycles. The molecule has 1 fully saturated rings. The van der Waals surface area contributed by atoms with Gasteiger partial charge >= 0.3 is 0 Å². The number of ether oxygens (including phenoxy) is 1. The number of carbonyl (C=O) groups excluding carboxylic acids is 3. The van der Waals surface area contributed by atoms with Crippen molar-refractivity contribution in [3.05, 3.63) is 30.1 Å². The highest BCUT2D eigenvalue weighted by atomic mass is 19.1. The molecule has 7 heteroatoms. The molecule has 1 heterocycles. The summed E-state index contributed by atoms with van der Waals surface area (Å²) in [6.45, 7) is 2.66. The lowest BCUT2D eigenvalue weighted by atomic mass is 10.1. The first-order valence-electron chi connectivity index (χ1n) is 6.34. The quantitative estimate of drug-likeness (QED) is 0.822. The molecule has 0 unspecified atom stereocenters. The third kappa shape index (κ3) is 3.56. The van der Waals surface area contributed by atoms with Crippen LogP contribution in [0, 0.1) is 5.82 Å². The molecule has 1 aromatic carbocycles. The molecule has 1 N–H and O–H groups in total. The number of hydrogen-bond acceptors (Lipinski definition) is 4. The fraction of sp³-hybridized carbons (Fsp3) is 0.357. The SMILES string of the molecule is CC(C)(Oc1ccc(F)cc1)C(=O)N1CC(=O)NC(=O)C1. The summed E-state index contributed by atoms with van der Waals surface area (Å²) in [5, 5.41) is 2.12. The van der Waals surface area contributed by atoms with E-state index in [0.717, 1.165) is 4.90 Å². The lowest BCUT2D eigenvalue weighted by Gasteiger charge is -2.33. The predicted octanol–water partition coefficient (Wildman–Crippen LogP) is 0.468. The highest BCUT2D eigenvalue weighted by molar-refractivity contribution is 6.03. The van der Waals surface area contributed by atoms with Gasteiger partial charge in [0.15, 0.2) is 5.60 Å². The summed E-state index contributed by atoms with van der Waals surface area (Å²) in [4.78, 5) is 36.1. The lowest BCUT2D eigenvalue weighted by molar-refractivity contribution is -0.153. The molecular weight excluding hydrogens is 279 g/mol. The van der Waals surface area contributed by atoms with Crippen molar-refractivity contribution < 1.29 is 23.5 Å². The number of rotatable bonds is 3. The Bertz CT molecular complexity index is 567. The second-order valence-electron chi connectivity index (χ2n) is 5.20. The Kier molecular flexibility index (Phi) is 3.93. The molecule has 1 aliphatic heterocycles. The van der Waals surface area contributed by atoms with Crippen LogP contribution in [0.2, 0.25) is 0 Å². The first kappa shape index (κ1) is 15.0. The van der Waals surface area contributed by atoms with Crippen LogP contribution < -0.4 is 10.1 Å². The minimum Gasteiger partial charge on any atom is -0.478 e. The molecule has 1 aliphatic rings. The zero-order chi connectivity index (χ0) is 15.6. The van der Waals surface area contributed by atoms with Crippen LogP contribution in [0.1, 0.15) is 13.8 Å². The first-order chi connectivity index (χ1) is 9.78. The Morgan fingerprint density at radius 3 is 2.24 bits per heavy atom. The molecule has 0 atom stereocenters. The van der Waals surface area contributed by atoms with E-state index in [-0.39, 0.29) is 13.1 Å². The second-order valence-corrected chi connectivity index (χ2v) is 5.20. The monoisotopic (exact) mass is 294 g/mol. The molecule has 0 aliphatic carbocycles. The number of halogens is 1. The Hall–Kier alpha value is -2.44. The van der Waals surface area contributed by atoms with E-state index >= 15 is 0 Å². The third-order valence-corrected chi connectivity index (χ3v) is 2.94. The van der Waals surface area contributed by atoms with Crippen LogP contribution in [-0.2, 0) is 14.4 Å². The van der Waals surface area contributed by atoms with Crippen molar-refractivity contribution in [2.45, 2.75) is 19.4 Å². The fourth-order valence-electron chi connectivity index (χ4n) is 2.00. The van der Waals surface area contributed by atoms with Crippen LogP contribution in [0.5, 0.6) is 5.75 Å². The van der Waals surface area contributed by atoms with Gasteiger partial charge in [-0.1, -0.05) is 0 Å². The number of carbonyl (C=O) groups is 3. The molecule has 2 rings (SSSR count). The van der Waals surface area contributed by atoms with Gasteiger partial charge < -0.3 is 9.64 Å². The Balaban J connectivity index is 2.10. The van der Waals surface area contributed by atoms with Crippen LogP contribution in [0.15, 0.2) is 24.3 Å². The standard InChI is InChI=1S/C14H15FN2O4/c1-14(2,21-10-5-3-9(15)4-6-10)13(20)17-7-11(18)16-12(19)8-17/h3-6H,7-8H2,1-2H3,(H,16,18,19). The van der Waals surface area contributed by atoms with Gasteiger partial charge in [-0.05, 0) is 38.1 Å². The maximum atomic E-state index is 12.8. The Morgan fingerprint density at radius 2 is 1.71 bits per heavy atom. The lowest BCUT2D eigenvalue weighted by Crippen LogP contribution is -2.58. The summed E-state index contributed by atoms with van der Waals surface area (Å²) in [5.41, 5.74) is -1.28. The average Bonchev–Trinajstić information content (AvgIpc) is 2.39. The summed E-state index contributed by atoms with van der Waals surface area (Å²) < 4.78 is 18.4. The topological polar surface area (TPSA) is 75.7 Å². The van der Waals surface area contributed by atoms with E-state index in [0.29, 0.717) is 5.75 Å². The fourth-order valence-corrected chi connectivity index (χ4v) is 2.00. The summed E-state index contributed by atoms with van der Waals surface area (Å²) in [5.74, 6) is -1.64. The zero-order valence-electron chi connectivity index (χ0n) is 11.7. The van der Waals surface area contributed by atoms with Gasteiger partial charge in [-0.2, -0.15) is 0 Å². The van der Waals surface area contributed by atoms with Crippen molar-refractivity contribution in [2.75, 3.05) is 13.1 Å². The number of hydrogen-bond donors (Lipinski definition) is 1. The number of nitrogens with zero attached hydrogens (tertiary/aromatic N) is 1. The molecular formula is C14H15FN2O4. The summed E-state index contributed by atoms with van der Waals surface area (Å²) >= 11 is 0. The van der Waals surface area contributed by atoms with Crippen LogP contribution >= 0.6 is 0 Å². The summed E-state index contributed by atoms with van der Waals surface area (Å²) in [6.07, 6.45) is 0. The van der Waals surface area contributed by atoms with Crippen molar-refractivity contribution in [2.24, 2.45) is 0 Å².